The van der Waals surface area contributed by atoms with Crippen molar-refractivity contribution in [2.45, 2.75) is 0 Å². The van der Waals surface area contributed by atoms with Gasteiger partial charge in [-0.25, -0.2) is 4.98 Å². The second-order valence-electron chi connectivity index (χ2n) is 2.17. The maximum absolute atomic E-state index is 10.8. The van der Waals surface area contributed by atoms with Gasteiger partial charge >= 0.3 is 0 Å². The molecule has 5 heteroatoms. The van der Waals surface area contributed by atoms with E-state index in [-0.39, 0.29) is 5.56 Å². The van der Waals surface area contributed by atoms with E-state index in [1.54, 1.807) is 0 Å². The average molecular weight is 230 g/mol. The topological polar surface area (TPSA) is 57.8 Å². The second kappa shape index (κ2) is 4.06. The number of aromatic amines is 1. The first-order valence-electron chi connectivity index (χ1n) is 3.30. The number of hydrogen-bond acceptors (Lipinski definition) is 3. The van der Waals surface area contributed by atoms with E-state index in [1.165, 1.54) is 12.4 Å². The number of nitrogens with one attached hydrogen (secondary N) is 2. The highest BCUT2D eigenvalue weighted by Crippen LogP contribution is 2.02. The van der Waals surface area contributed by atoms with Crippen LogP contribution in [0.1, 0.15) is 0 Å². The van der Waals surface area contributed by atoms with Crippen LogP contribution in [-0.4, -0.2) is 16.5 Å². The molecule has 0 aliphatic carbocycles. The Morgan fingerprint density at radius 2 is 2.58 bits per heavy atom. The smallest absolute Gasteiger partial charge is 0.252 e. The van der Waals surface area contributed by atoms with Gasteiger partial charge in [-0.15, -0.1) is 0 Å². The van der Waals surface area contributed by atoms with Gasteiger partial charge < -0.3 is 10.3 Å². The van der Waals surface area contributed by atoms with E-state index in [9.17, 15) is 4.79 Å². The third-order valence-corrected chi connectivity index (χ3v) is 1.42. The molecule has 0 unspecified atom stereocenters. The van der Waals surface area contributed by atoms with Gasteiger partial charge in [0.2, 0.25) is 0 Å². The van der Waals surface area contributed by atoms with Gasteiger partial charge in [-0.3, -0.25) is 4.79 Å². The van der Waals surface area contributed by atoms with Gasteiger partial charge in [0.15, 0.2) is 0 Å². The molecule has 0 saturated heterocycles. The van der Waals surface area contributed by atoms with Crippen LogP contribution < -0.4 is 10.9 Å². The minimum Gasteiger partial charge on any atom is -0.365 e. The van der Waals surface area contributed by atoms with Crippen molar-refractivity contribution < 1.29 is 0 Å². The van der Waals surface area contributed by atoms with Gasteiger partial charge in [0.05, 0.1) is 6.33 Å². The molecule has 0 amide bonds. The zero-order chi connectivity index (χ0) is 8.97. The van der Waals surface area contributed by atoms with Crippen LogP contribution in [0.5, 0.6) is 0 Å². The number of hydrogen-bond donors (Lipinski definition) is 2. The summed E-state index contributed by atoms with van der Waals surface area (Å²) >= 11 is 3.18. The largest absolute Gasteiger partial charge is 0.365 e. The van der Waals surface area contributed by atoms with Crippen LogP contribution in [0.4, 0.5) is 5.82 Å². The summed E-state index contributed by atoms with van der Waals surface area (Å²) in [7, 11) is 0. The Morgan fingerprint density at radius 3 is 3.17 bits per heavy atom. The van der Waals surface area contributed by atoms with Gasteiger partial charge in [0.1, 0.15) is 5.82 Å². The summed E-state index contributed by atoms with van der Waals surface area (Å²) < 4.78 is 0.810. The van der Waals surface area contributed by atoms with E-state index >= 15 is 0 Å². The van der Waals surface area contributed by atoms with E-state index in [0.717, 1.165) is 4.48 Å². The maximum atomic E-state index is 10.8. The number of anilines is 1. The summed E-state index contributed by atoms with van der Waals surface area (Å²) in [5.74, 6) is 0.541. The molecule has 1 aromatic heterocycles. The standard InChI is InChI=1S/C7H8BrN3O/c1-5(8)3-9-6-2-7(12)11-4-10-6/h2,4H,1,3H2,(H2,9,10,11,12). The lowest BCUT2D eigenvalue weighted by atomic mass is 10.5. The van der Waals surface area contributed by atoms with E-state index in [0.29, 0.717) is 12.4 Å². The third kappa shape index (κ3) is 2.87. The molecule has 64 valence electrons. The lowest BCUT2D eigenvalue weighted by Crippen LogP contribution is -2.09. The lowest BCUT2D eigenvalue weighted by molar-refractivity contribution is 1.10. The van der Waals surface area contributed by atoms with Crippen molar-refractivity contribution in [1.82, 2.24) is 9.97 Å². The van der Waals surface area contributed by atoms with E-state index in [1.807, 2.05) is 0 Å². The van der Waals surface area contributed by atoms with E-state index < -0.39 is 0 Å². The number of H-pyrrole nitrogens is 1. The van der Waals surface area contributed by atoms with Crippen molar-refractivity contribution >= 4 is 21.7 Å². The summed E-state index contributed by atoms with van der Waals surface area (Å²) in [6.45, 7) is 4.19. The molecule has 1 aromatic rings. The second-order valence-corrected chi connectivity index (χ2v) is 3.29. The summed E-state index contributed by atoms with van der Waals surface area (Å²) in [6.07, 6.45) is 1.35. The van der Waals surface area contributed by atoms with Gasteiger partial charge in [0.25, 0.3) is 5.56 Å². The van der Waals surface area contributed by atoms with Crippen LogP contribution in [0.3, 0.4) is 0 Å². The fourth-order valence-corrected chi connectivity index (χ4v) is 0.792. The molecule has 1 heterocycles. The monoisotopic (exact) mass is 229 g/mol. The Bertz CT molecular complexity index is 333. The molecular weight excluding hydrogens is 222 g/mol. The first kappa shape index (κ1) is 8.99. The number of aromatic nitrogens is 2. The van der Waals surface area contributed by atoms with Crippen LogP contribution in [-0.2, 0) is 0 Å². The maximum Gasteiger partial charge on any atom is 0.252 e. The summed E-state index contributed by atoms with van der Waals surface area (Å²) in [6, 6.07) is 1.38. The highest BCUT2D eigenvalue weighted by molar-refractivity contribution is 9.11. The molecule has 0 spiro atoms. The number of halogens is 1. The molecule has 0 fully saturated rings. The Labute approximate surface area is 77.9 Å². The average Bonchev–Trinajstić information content (AvgIpc) is 2.01. The minimum atomic E-state index is -0.173. The fraction of sp³-hybridized carbons (Fsp3) is 0.143. The molecule has 4 nitrogen and oxygen atoms in total. The zero-order valence-corrected chi connectivity index (χ0v) is 7.89. The van der Waals surface area contributed by atoms with Gasteiger partial charge in [-0.1, -0.05) is 22.5 Å². The molecule has 1 rings (SSSR count). The Hall–Kier alpha value is -1.10. The predicted octanol–water partition coefficient (Wildman–Crippen LogP) is 1.09. The van der Waals surface area contributed by atoms with Crippen molar-refractivity contribution in [1.29, 1.82) is 0 Å². The van der Waals surface area contributed by atoms with Crippen molar-refractivity contribution in [3.8, 4) is 0 Å². The van der Waals surface area contributed by atoms with Crippen LogP contribution >= 0.6 is 15.9 Å². The van der Waals surface area contributed by atoms with Gasteiger partial charge in [-0.2, -0.15) is 0 Å². The first-order chi connectivity index (χ1) is 5.68. The van der Waals surface area contributed by atoms with Crippen molar-refractivity contribution in [2.75, 3.05) is 11.9 Å². The molecule has 2 N–H and O–H groups in total. The molecule has 0 aliphatic rings. The number of rotatable bonds is 3. The first-order valence-corrected chi connectivity index (χ1v) is 4.09. The van der Waals surface area contributed by atoms with Gasteiger partial charge in [-0.05, 0) is 0 Å². The molecule has 0 saturated carbocycles. The van der Waals surface area contributed by atoms with E-state index in [4.69, 9.17) is 0 Å². The molecule has 0 aromatic carbocycles. The Kier molecular flexibility index (Phi) is 3.04. The fourth-order valence-electron chi connectivity index (χ4n) is 0.652. The third-order valence-electron chi connectivity index (χ3n) is 1.14. The summed E-state index contributed by atoms with van der Waals surface area (Å²) in [5.41, 5.74) is -0.173. The summed E-state index contributed by atoms with van der Waals surface area (Å²) in [5, 5.41) is 2.91. The van der Waals surface area contributed by atoms with Crippen molar-refractivity contribution in [2.24, 2.45) is 0 Å². The van der Waals surface area contributed by atoms with Gasteiger partial charge in [0, 0.05) is 17.1 Å². The molecule has 0 atom stereocenters. The highest BCUT2D eigenvalue weighted by Gasteiger charge is 1.93. The van der Waals surface area contributed by atoms with Crippen molar-refractivity contribution in [3.05, 3.63) is 33.8 Å². The molecular formula is C7H8BrN3O. The Balaban J connectivity index is 2.64. The van der Waals surface area contributed by atoms with Crippen LogP contribution in [0.25, 0.3) is 0 Å². The van der Waals surface area contributed by atoms with Crippen molar-refractivity contribution in [3.63, 3.8) is 0 Å². The van der Waals surface area contributed by atoms with Crippen LogP contribution in [0.2, 0.25) is 0 Å². The highest BCUT2D eigenvalue weighted by atomic mass is 79.9. The zero-order valence-electron chi connectivity index (χ0n) is 6.30. The van der Waals surface area contributed by atoms with E-state index in [2.05, 4.69) is 37.8 Å². The molecule has 0 aliphatic heterocycles. The SMILES string of the molecule is C=C(Br)CNc1cc(=O)[nH]cn1. The van der Waals surface area contributed by atoms with Crippen LogP contribution in [0, 0.1) is 0 Å². The summed E-state index contributed by atoms with van der Waals surface area (Å²) in [4.78, 5) is 17.1. The number of nitrogens with zero attached hydrogens (tertiary/aromatic N) is 1. The quantitative estimate of drug-likeness (QED) is 0.817. The Morgan fingerprint density at radius 1 is 1.83 bits per heavy atom. The molecule has 0 radical (unpaired) electrons. The minimum absolute atomic E-state index is 0.173. The lowest BCUT2D eigenvalue weighted by Gasteiger charge is -2.01. The molecule has 12 heavy (non-hydrogen) atoms. The molecule has 0 bridgehead atoms. The van der Waals surface area contributed by atoms with Crippen LogP contribution in [0.15, 0.2) is 28.2 Å². The predicted molar refractivity (Wildman–Crippen MR) is 51.4 cm³/mol. The normalized spacial score (nSPS) is 9.42.